The molecule has 0 radical (unpaired) electrons. The number of nitrogens with zero attached hydrogens (tertiary/aromatic N) is 1. The van der Waals surface area contributed by atoms with Crippen LogP contribution in [0.15, 0.2) is 29.4 Å². The van der Waals surface area contributed by atoms with Gasteiger partial charge < -0.3 is 4.84 Å². The number of rotatable bonds is 3. The summed E-state index contributed by atoms with van der Waals surface area (Å²) < 4.78 is 0. The normalized spacial score (nSPS) is 10.5. The summed E-state index contributed by atoms with van der Waals surface area (Å²) in [6.07, 6.45) is 2.44. The van der Waals surface area contributed by atoms with Crippen LogP contribution in [-0.2, 0) is 11.3 Å². The Morgan fingerprint density at radius 3 is 3.08 bits per heavy atom. The number of oxime groups is 1. The van der Waals surface area contributed by atoms with E-state index in [1.165, 1.54) is 7.11 Å². The maximum Gasteiger partial charge on any atom is 0.106 e. The lowest BCUT2D eigenvalue weighted by Gasteiger charge is -1.95. The van der Waals surface area contributed by atoms with Gasteiger partial charge in [0.2, 0.25) is 0 Å². The molecule has 1 aromatic rings. The maximum absolute atomic E-state index is 5.78. The minimum atomic E-state index is 0.744. The summed E-state index contributed by atoms with van der Waals surface area (Å²) >= 11 is 5.78. The van der Waals surface area contributed by atoms with E-state index in [1.54, 1.807) is 6.21 Å². The Morgan fingerprint density at radius 1 is 1.58 bits per heavy atom. The third-order valence-corrected chi connectivity index (χ3v) is 1.63. The van der Waals surface area contributed by atoms with Crippen molar-refractivity contribution in [1.82, 2.24) is 0 Å². The summed E-state index contributed by atoms with van der Waals surface area (Å²) in [6, 6.07) is 7.66. The highest BCUT2D eigenvalue weighted by Gasteiger charge is 1.90. The van der Waals surface area contributed by atoms with E-state index >= 15 is 0 Å². The van der Waals surface area contributed by atoms with E-state index in [2.05, 4.69) is 9.99 Å². The molecule has 0 atom stereocenters. The van der Waals surface area contributed by atoms with Crippen LogP contribution in [-0.4, -0.2) is 13.3 Å². The first-order valence-corrected chi connectivity index (χ1v) is 4.00. The average molecular weight is 184 g/mol. The second-order valence-electron chi connectivity index (χ2n) is 2.30. The van der Waals surface area contributed by atoms with Crippen LogP contribution in [0.25, 0.3) is 0 Å². The standard InChI is InChI=1S/C9H10ClNO/c1-12-11-6-5-8-3-2-4-9(10)7-8/h2-4,6-7H,5H2,1H3. The Balaban J connectivity index is 2.57. The molecule has 1 aromatic carbocycles. The molecule has 0 saturated carbocycles. The molecule has 0 saturated heterocycles. The zero-order chi connectivity index (χ0) is 8.81. The largest absolute Gasteiger partial charge is 0.399 e. The van der Waals surface area contributed by atoms with E-state index in [0.29, 0.717) is 0 Å². The van der Waals surface area contributed by atoms with Crippen molar-refractivity contribution in [2.75, 3.05) is 7.11 Å². The highest BCUT2D eigenvalue weighted by molar-refractivity contribution is 6.30. The molecular formula is C9H10ClNO. The molecule has 64 valence electrons. The molecule has 0 fully saturated rings. The van der Waals surface area contributed by atoms with Crippen LogP contribution in [0, 0.1) is 0 Å². The number of hydrogen-bond donors (Lipinski definition) is 0. The number of halogens is 1. The van der Waals surface area contributed by atoms with Crippen LogP contribution < -0.4 is 0 Å². The second kappa shape index (κ2) is 4.78. The zero-order valence-corrected chi connectivity index (χ0v) is 7.58. The Labute approximate surface area is 76.8 Å². The molecule has 0 heterocycles. The van der Waals surface area contributed by atoms with Crippen molar-refractivity contribution in [2.24, 2.45) is 5.16 Å². The van der Waals surface area contributed by atoms with E-state index in [-0.39, 0.29) is 0 Å². The Morgan fingerprint density at radius 2 is 2.42 bits per heavy atom. The average Bonchev–Trinajstić information content (AvgIpc) is 2.05. The Hall–Kier alpha value is -1.02. The van der Waals surface area contributed by atoms with Crippen LogP contribution in [0.5, 0.6) is 0 Å². The van der Waals surface area contributed by atoms with E-state index in [4.69, 9.17) is 11.6 Å². The molecule has 2 nitrogen and oxygen atoms in total. The maximum atomic E-state index is 5.78. The van der Waals surface area contributed by atoms with Crippen molar-refractivity contribution in [3.8, 4) is 0 Å². The predicted molar refractivity (Wildman–Crippen MR) is 50.7 cm³/mol. The van der Waals surface area contributed by atoms with Crippen LogP contribution in [0.3, 0.4) is 0 Å². The zero-order valence-electron chi connectivity index (χ0n) is 6.83. The summed E-state index contributed by atoms with van der Waals surface area (Å²) in [5.74, 6) is 0. The molecule has 0 aliphatic rings. The van der Waals surface area contributed by atoms with Crippen molar-refractivity contribution in [1.29, 1.82) is 0 Å². The van der Waals surface area contributed by atoms with Crippen molar-refractivity contribution in [3.05, 3.63) is 34.9 Å². The van der Waals surface area contributed by atoms with Crippen LogP contribution in [0.1, 0.15) is 5.56 Å². The van der Waals surface area contributed by atoms with Crippen LogP contribution >= 0.6 is 11.6 Å². The number of benzene rings is 1. The van der Waals surface area contributed by atoms with Crippen molar-refractivity contribution in [3.63, 3.8) is 0 Å². The van der Waals surface area contributed by atoms with E-state index in [0.717, 1.165) is 17.0 Å². The third-order valence-electron chi connectivity index (χ3n) is 1.40. The van der Waals surface area contributed by atoms with Crippen molar-refractivity contribution in [2.45, 2.75) is 6.42 Å². The van der Waals surface area contributed by atoms with Gasteiger partial charge in [0.25, 0.3) is 0 Å². The number of hydrogen-bond acceptors (Lipinski definition) is 2. The smallest absolute Gasteiger partial charge is 0.106 e. The molecule has 3 heteroatoms. The Kier molecular flexibility index (Phi) is 3.61. The first-order chi connectivity index (χ1) is 5.83. The van der Waals surface area contributed by atoms with Crippen molar-refractivity contribution >= 4 is 17.8 Å². The van der Waals surface area contributed by atoms with Gasteiger partial charge in [0, 0.05) is 17.7 Å². The molecule has 0 aliphatic heterocycles. The summed E-state index contributed by atoms with van der Waals surface area (Å²) in [4.78, 5) is 4.53. The lowest BCUT2D eigenvalue weighted by molar-refractivity contribution is 0.215. The highest BCUT2D eigenvalue weighted by Crippen LogP contribution is 2.10. The van der Waals surface area contributed by atoms with Crippen molar-refractivity contribution < 1.29 is 4.84 Å². The van der Waals surface area contributed by atoms with Gasteiger partial charge in [-0.05, 0) is 17.7 Å². The van der Waals surface area contributed by atoms with Gasteiger partial charge in [-0.3, -0.25) is 0 Å². The van der Waals surface area contributed by atoms with Gasteiger partial charge in [-0.1, -0.05) is 28.9 Å². The van der Waals surface area contributed by atoms with E-state index in [9.17, 15) is 0 Å². The van der Waals surface area contributed by atoms with Gasteiger partial charge in [-0.2, -0.15) is 0 Å². The molecule has 12 heavy (non-hydrogen) atoms. The summed E-state index contributed by atoms with van der Waals surface area (Å²) in [5.41, 5.74) is 1.13. The molecule has 0 amide bonds. The van der Waals surface area contributed by atoms with Gasteiger partial charge in [0.15, 0.2) is 0 Å². The fourth-order valence-electron chi connectivity index (χ4n) is 0.881. The highest BCUT2D eigenvalue weighted by atomic mass is 35.5. The molecular weight excluding hydrogens is 174 g/mol. The first kappa shape index (κ1) is 9.07. The molecule has 0 aliphatic carbocycles. The molecule has 0 N–H and O–H groups in total. The van der Waals surface area contributed by atoms with Crippen LogP contribution in [0.2, 0.25) is 5.02 Å². The van der Waals surface area contributed by atoms with E-state index in [1.807, 2.05) is 24.3 Å². The van der Waals surface area contributed by atoms with Crippen LogP contribution in [0.4, 0.5) is 0 Å². The second-order valence-corrected chi connectivity index (χ2v) is 2.74. The summed E-state index contributed by atoms with van der Waals surface area (Å²) in [5, 5.41) is 4.38. The van der Waals surface area contributed by atoms with Gasteiger partial charge in [-0.15, -0.1) is 0 Å². The van der Waals surface area contributed by atoms with Gasteiger partial charge in [-0.25, -0.2) is 0 Å². The van der Waals surface area contributed by atoms with Gasteiger partial charge in [0.05, 0.1) is 0 Å². The SMILES string of the molecule is CON=CCc1cccc(Cl)c1. The lowest BCUT2D eigenvalue weighted by Crippen LogP contribution is -1.85. The molecule has 0 unspecified atom stereocenters. The summed E-state index contributed by atoms with van der Waals surface area (Å²) in [7, 11) is 1.52. The van der Waals surface area contributed by atoms with Gasteiger partial charge >= 0.3 is 0 Å². The Bertz CT molecular complexity index is 273. The minimum Gasteiger partial charge on any atom is -0.399 e. The fraction of sp³-hybridized carbons (Fsp3) is 0.222. The predicted octanol–water partition coefficient (Wildman–Crippen LogP) is 2.51. The third kappa shape index (κ3) is 2.93. The quantitative estimate of drug-likeness (QED) is 0.521. The van der Waals surface area contributed by atoms with E-state index < -0.39 is 0 Å². The summed E-state index contributed by atoms with van der Waals surface area (Å²) in [6.45, 7) is 0. The fourth-order valence-corrected chi connectivity index (χ4v) is 1.09. The molecule has 0 bridgehead atoms. The topological polar surface area (TPSA) is 21.6 Å². The minimum absolute atomic E-state index is 0.744. The lowest BCUT2D eigenvalue weighted by atomic mass is 10.2. The molecule has 0 aromatic heterocycles. The van der Waals surface area contributed by atoms with Gasteiger partial charge in [0.1, 0.15) is 7.11 Å². The first-order valence-electron chi connectivity index (χ1n) is 3.62. The molecule has 1 rings (SSSR count). The molecule has 0 spiro atoms. The monoisotopic (exact) mass is 183 g/mol.